The van der Waals surface area contributed by atoms with Crippen LogP contribution < -0.4 is 5.32 Å². The summed E-state index contributed by atoms with van der Waals surface area (Å²) in [6.07, 6.45) is 0.305. The SMILES string of the molecule is CC1CN(CC(=O)N2CC(C)OC(C)C2)CCN1. The summed E-state index contributed by atoms with van der Waals surface area (Å²) >= 11 is 0. The van der Waals surface area contributed by atoms with E-state index in [0.29, 0.717) is 12.6 Å². The second-order valence-corrected chi connectivity index (χ2v) is 5.65. The fourth-order valence-electron chi connectivity index (χ4n) is 2.83. The summed E-state index contributed by atoms with van der Waals surface area (Å²) in [5.41, 5.74) is 0. The maximum Gasteiger partial charge on any atom is 0.236 e. The predicted octanol–water partition coefficient (Wildman–Crippen LogP) is -0.0841. The lowest BCUT2D eigenvalue weighted by Crippen LogP contribution is -2.55. The zero-order chi connectivity index (χ0) is 13.1. The highest BCUT2D eigenvalue weighted by atomic mass is 16.5. The van der Waals surface area contributed by atoms with Crippen LogP contribution in [-0.2, 0) is 9.53 Å². The van der Waals surface area contributed by atoms with Gasteiger partial charge < -0.3 is 15.0 Å². The monoisotopic (exact) mass is 255 g/mol. The number of hydrogen-bond acceptors (Lipinski definition) is 4. The van der Waals surface area contributed by atoms with E-state index in [2.05, 4.69) is 17.1 Å². The van der Waals surface area contributed by atoms with Crippen LogP contribution in [0.5, 0.6) is 0 Å². The molecule has 0 aliphatic carbocycles. The van der Waals surface area contributed by atoms with Gasteiger partial charge in [0, 0.05) is 38.8 Å². The third-order valence-corrected chi connectivity index (χ3v) is 3.58. The summed E-state index contributed by atoms with van der Waals surface area (Å²) < 4.78 is 5.66. The van der Waals surface area contributed by atoms with Gasteiger partial charge in [-0.15, -0.1) is 0 Å². The normalized spacial score (nSPS) is 34.6. The molecule has 1 amide bonds. The first-order chi connectivity index (χ1) is 8.54. The first-order valence-corrected chi connectivity index (χ1v) is 6.93. The van der Waals surface area contributed by atoms with Gasteiger partial charge in [-0.2, -0.15) is 0 Å². The summed E-state index contributed by atoms with van der Waals surface area (Å²) in [6.45, 7) is 11.1. The van der Waals surface area contributed by atoms with Gasteiger partial charge in [0.05, 0.1) is 18.8 Å². The van der Waals surface area contributed by atoms with Crippen molar-refractivity contribution < 1.29 is 9.53 Å². The van der Waals surface area contributed by atoms with Gasteiger partial charge in [0.1, 0.15) is 0 Å². The number of nitrogens with zero attached hydrogens (tertiary/aromatic N) is 2. The third-order valence-electron chi connectivity index (χ3n) is 3.58. The van der Waals surface area contributed by atoms with E-state index in [4.69, 9.17) is 4.74 Å². The molecule has 0 spiro atoms. The summed E-state index contributed by atoms with van der Waals surface area (Å²) in [5.74, 6) is 0.242. The minimum atomic E-state index is 0.152. The minimum Gasteiger partial charge on any atom is -0.372 e. The van der Waals surface area contributed by atoms with Gasteiger partial charge in [-0.3, -0.25) is 9.69 Å². The van der Waals surface area contributed by atoms with E-state index in [0.717, 1.165) is 32.7 Å². The number of morpholine rings is 1. The number of nitrogens with one attached hydrogen (secondary N) is 1. The molecule has 0 bridgehead atoms. The van der Waals surface area contributed by atoms with Crippen molar-refractivity contribution in [2.45, 2.75) is 39.0 Å². The Morgan fingerprint density at radius 1 is 1.22 bits per heavy atom. The third kappa shape index (κ3) is 3.67. The molecule has 3 unspecified atom stereocenters. The Labute approximate surface area is 109 Å². The van der Waals surface area contributed by atoms with Crippen LogP contribution in [0, 0.1) is 0 Å². The molecule has 3 atom stereocenters. The molecule has 2 aliphatic heterocycles. The molecule has 5 nitrogen and oxygen atoms in total. The molecule has 1 N–H and O–H groups in total. The fraction of sp³-hybridized carbons (Fsp3) is 0.923. The fourth-order valence-corrected chi connectivity index (χ4v) is 2.83. The Hall–Kier alpha value is -0.650. The highest BCUT2D eigenvalue weighted by Crippen LogP contribution is 2.11. The van der Waals surface area contributed by atoms with E-state index in [9.17, 15) is 4.79 Å². The number of rotatable bonds is 2. The molecule has 2 saturated heterocycles. The average molecular weight is 255 g/mol. The molecule has 0 aromatic heterocycles. The van der Waals surface area contributed by atoms with Crippen molar-refractivity contribution in [1.29, 1.82) is 0 Å². The number of ether oxygens (including phenoxy) is 1. The van der Waals surface area contributed by atoms with Gasteiger partial charge in [-0.25, -0.2) is 0 Å². The Kier molecular flexibility index (Phi) is 4.59. The van der Waals surface area contributed by atoms with E-state index in [1.54, 1.807) is 0 Å². The minimum absolute atomic E-state index is 0.152. The maximum absolute atomic E-state index is 12.3. The van der Waals surface area contributed by atoms with E-state index >= 15 is 0 Å². The van der Waals surface area contributed by atoms with Crippen LogP contribution in [0.3, 0.4) is 0 Å². The summed E-state index contributed by atoms with van der Waals surface area (Å²) in [5, 5.41) is 3.39. The van der Waals surface area contributed by atoms with Crippen molar-refractivity contribution in [2.75, 3.05) is 39.3 Å². The Morgan fingerprint density at radius 3 is 2.50 bits per heavy atom. The number of carbonyl (C=O) groups is 1. The molecule has 2 fully saturated rings. The Balaban J connectivity index is 1.83. The average Bonchev–Trinajstić information content (AvgIpc) is 2.27. The quantitative estimate of drug-likeness (QED) is 0.749. The second-order valence-electron chi connectivity index (χ2n) is 5.65. The largest absolute Gasteiger partial charge is 0.372 e. The lowest BCUT2D eigenvalue weighted by Gasteiger charge is -2.37. The first kappa shape index (κ1) is 13.8. The second kappa shape index (κ2) is 5.99. The Morgan fingerprint density at radius 2 is 1.89 bits per heavy atom. The number of amides is 1. The molecular formula is C13H25N3O2. The predicted molar refractivity (Wildman–Crippen MR) is 70.5 cm³/mol. The number of hydrogen-bond donors (Lipinski definition) is 1. The lowest BCUT2D eigenvalue weighted by molar-refractivity contribution is -0.144. The summed E-state index contributed by atoms with van der Waals surface area (Å²) in [4.78, 5) is 16.5. The van der Waals surface area contributed by atoms with Gasteiger partial charge in [0.25, 0.3) is 0 Å². The van der Waals surface area contributed by atoms with Gasteiger partial charge in [-0.05, 0) is 20.8 Å². The molecule has 0 saturated carbocycles. The van der Waals surface area contributed by atoms with Gasteiger partial charge in [0.2, 0.25) is 5.91 Å². The highest BCUT2D eigenvalue weighted by Gasteiger charge is 2.27. The van der Waals surface area contributed by atoms with Crippen LogP contribution in [0.15, 0.2) is 0 Å². The van der Waals surface area contributed by atoms with Crippen molar-refractivity contribution in [3.05, 3.63) is 0 Å². The van der Waals surface area contributed by atoms with E-state index < -0.39 is 0 Å². The standard InChI is InChI=1S/C13H25N3O2/c1-10-6-15(5-4-14-10)9-13(17)16-7-11(2)18-12(3)8-16/h10-12,14H,4-9H2,1-3H3. The van der Waals surface area contributed by atoms with Crippen molar-refractivity contribution >= 4 is 5.91 Å². The molecule has 104 valence electrons. The zero-order valence-electron chi connectivity index (χ0n) is 11.7. The van der Waals surface area contributed by atoms with E-state index in [1.165, 1.54) is 0 Å². The molecule has 2 aliphatic rings. The van der Waals surface area contributed by atoms with Crippen molar-refractivity contribution in [3.63, 3.8) is 0 Å². The van der Waals surface area contributed by atoms with E-state index in [1.807, 2.05) is 18.7 Å². The van der Waals surface area contributed by atoms with Crippen LogP contribution in [0.25, 0.3) is 0 Å². The smallest absolute Gasteiger partial charge is 0.236 e. The maximum atomic E-state index is 12.3. The lowest BCUT2D eigenvalue weighted by atomic mass is 10.2. The van der Waals surface area contributed by atoms with Crippen LogP contribution in [0.2, 0.25) is 0 Å². The van der Waals surface area contributed by atoms with Crippen LogP contribution in [0.4, 0.5) is 0 Å². The molecular weight excluding hydrogens is 230 g/mol. The topological polar surface area (TPSA) is 44.8 Å². The Bertz CT molecular complexity index is 288. The molecule has 5 heteroatoms. The highest BCUT2D eigenvalue weighted by molar-refractivity contribution is 5.78. The molecule has 0 aromatic carbocycles. The summed E-state index contributed by atoms with van der Waals surface area (Å²) in [6, 6.07) is 0.481. The number of piperazine rings is 1. The van der Waals surface area contributed by atoms with E-state index in [-0.39, 0.29) is 18.1 Å². The first-order valence-electron chi connectivity index (χ1n) is 6.93. The molecule has 0 aromatic rings. The van der Waals surface area contributed by atoms with Crippen molar-refractivity contribution in [3.8, 4) is 0 Å². The molecule has 18 heavy (non-hydrogen) atoms. The van der Waals surface area contributed by atoms with Crippen molar-refractivity contribution in [2.24, 2.45) is 0 Å². The van der Waals surface area contributed by atoms with Gasteiger partial charge in [0.15, 0.2) is 0 Å². The van der Waals surface area contributed by atoms with Gasteiger partial charge >= 0.3 is 0 Å². The molecule has 2 heterocycles. The van der Waals surface area contributed by atoms with Gasteiger partial charge in [-0.1, -0.05) is 0 Å². The van der Waals surface area contributed by atoms with Crippen molar-refractivity contribution in [1.82, 2.24) is 15.1 Å². The zero-order valence-corrected chi connectivity index (χ0v) is 11.7. The van der Waals surface area contributed by atoms with Crippen LogP contribution in [0.1, 0.15) is 20.8 Å². The summed E-state index contributed by atoms with van der Waals surface area (Å²) in [7, 11) is 0. The van der Waals surface area contributed by atoms with Crippen LogP contribution >= 0.6 is 0 Å². The molecule has 0 radical (unpaired) electrons. The van der Waals surface area contributed by atoms with Crippen LogP contribution in [-0.4, -0.2) is 73.2 Å². The molecule has 2 rings (SSSR count). The number of carbonyl (C=O) groups excluding carboxylic acids is 1.